The van der Waals surface area contributed by atoms with E-state index in [1.807, 2.05) is 29.2 Å². The van der Waals surface area contributed by atoms with E-state index >= 15 is 0 Å². The van der Waals surface area contributed by atoms with E-state index in [-0.39, 0.29) is 17.7 Å². The lowest BCUT2D eigenvalue weighted by molar-refractivity contribution is -0.124. The Labute approximate surface area is 150 Å². The zero-order chi connectivity index (χ0) is 17.6. The Hall–Kier alpha value is -1.88. The first-order valence-electron chi connectivity index (χ1n) is 9.53. The Kier molecular flexibility index (Phi) is 6.08. The van der Waals surface area contributed by atoms with Crippen molar-refractivity contribution >= 4 is 11.8 Å². The van der Waals surface area contributed by atoms with Crippen LogP contribution in [0.25, 0.3) is 0 Å². The van der Waals surface area contributed by atoms with Gasteiger partial charge in [-0.15, -0.1) is 0 Å². The summed E-state index contributed by atoms with van der Waals surface area (Å²) in [6, 6.07) is 7.62. The van der Waals surface area contributed by atoms with Gasteiger partial charge in [0.05, 0.1) is 0 Å². The van der Waals surface area contributed by atoms with Crippen molar-refractivity contribution in [3.05, 3.63) is 35.4 Å². The molecule has 2 aliphatic rings. The number of nitrogens with two attached hydrogens (primary N) is 1. The average molecular weight is 343 g/mol. The average Bonchev–Trinajstić information content (AvgIpc) is 3.21. The number of amides is 2. The highest BCUT2D eigenvalue weighted by molar-refractivity contribution is 5.94. The van der Waals surface area contributed by atoms with Gasteiger partial charge in [-0.05, 0) is 55.8 Å². The number of piperidine rings is 1. The molecule has 2 fully saturated rings. The van der Waals surface area contributed by atoms with Gasteiger partial charge in [0, 0.05) is 31.1 Å². The zero-order valence-corrected chi connectivity index (χ0v) is 14.9. The summed E-state index contributed by atoms with van der Waals surface area (Å²) in [5, 5.41) is 3.02. The van der Waals surface area contributed by atoms with Gasteiger partial charge < -0.3 is 16.0 Å². The third-order valence-corrected chi connectivity index (χ3v) is 5.63. The van der Waals surface area contributed by atoms with Gasteiger partial charge in [0.15, 0.2) is 0 Å². The quantitative estimate of drug-likeness (QED) is 0.861. The SMILES string of the molecule is NCC1CCN(C(=O)c2ccc(CNC(=O)C3CCCC3)cc2)CC1. The van der Waals surface area contributed by atoms with Gasteiger partial charge in [-0.25, -0.2) is 0 Å². The molecule has 0 atom stereocenters. The number of rotatable bonds is 5. The summed E-state index contributed by atoms with van der Waals surface area (Å²) < 4.78 is 0. The van der Waals surface area contributed by atoms with Crippen LogP contribution in [0.2, 0.25) is 0 Å². The van der Waals surface area contributed by atoms with Crippen molar-refractivity contribution in [2.45, 2.75) is 45.1 Å². The van der Waals surface area contributed by atoms with Crippen LogP contribution < -0.4 is 11.1 Å². The van der Waals surface area contributed by atoms with Crippen molar-refractivity contribution < 1.29 is 9.59 Å². The van der Waals surface area contributed by atoms with Crippen molar-refractivity contribution in [2.75, 3.05) is 19.6 Å². The van der Waals surface area contributed by atoms with Crippen LogP contribution in [-0.2, 0) is 11.3 Å². The van der Waals surface area contributed by atoms with E-state index in [2.05, 4.69) is 5.32 Å². The smallest absolute Gasteiger partial charge is 0.253 e. The molecule has 0 bridgehead atoms. The maximum atomic E-state index is 12.6. The van der Waals surface area contributed by atoms with Crippen molar-refractivity contribution in [3.8, 4) is 0 Å². The van der Waals surface area contributed by atoms with Crippen LogP contribution in [0.15, 0.2) is 24.3 Å². The summed E-state index contributed by atoms with van der Waals surface area (Å²) in [6.45, 7) is 2.83. The van der Waals surface area contributed by atoms with E-state index in [4.69, 9.17) is 5.73 Å². The molecule has 1 aliphatic heterocycles. The first kappa shape index (κ1) is 17.9. The number of benzene rings is 1. The van der Waals surface area contributed by atoms with Gasteiger partial charge in [-0.3, -0.25) is 9.59 Å². The minimum absolute atomic E-state index is 0.0945. The number of hydrogen-bond acceptors (Lipinski definition) is 3. The first-order valence-corrected chi connectivity index (χ1v) is 9.53. The summed E-state index contributed by atoms with van der Waals surface area (Å²) in [7, 11) is 0. The maximum absolute atomic E-state index is 12.6. The van der Waals surface area contributed by atoms with Gasteiger partial charge in [0.1, 0.15) is 0 Å². The molecule has 1 aromatic rings. The second-order valence-corrected chi connectivity index (χ2v) is 7.37. The van der Waals surface area contributed by atoms with E-state index in [0.717, 1.165) is 62.7 Å². The van der Waals surface area contributed by atoms with E-state index in [1.165, 1.54) is 0 Å². The molecular weight excluding hydrogens is 314 g/mol. The second kappa shape index (κ2) is 8.48. The van der Waals surface area contributed by atoms with Crippen LogP contribution in [0.5, 0.6) is 0 Å². The fourth-order valence-corrected chi connectivity index (χ4v) is 3.84. The summed E-state index contributed by atoms with van der Waals surface area (Å²) in [5.41, 5.74) is 7.46. The van der Waals surface area contributed by atoms with Crippen LogP contribution in [-0.4, -0.2) is 36.3 Å². The van der Waals surface area contributed by atoms with Crippen LogP contribution >= 0.6 is 0 Å². The molecule has 1 aliphatic carbocycles. The standard InChI is InChI=1S/C20H29N3O2/c21-13-15-9-11-23(12-10-15)20(25)18-7-5-16(6-8-18)14-22-19(24)17-3-1-2-4-17/h5-8,15,17H,1-4,9-14,21H2,(H,22,24). The van der Waals surface area contributed by atoms with E-state index in [1.54, 1.807) is 0 Å². The topological polar surface area (TPSA) is 75.4 Å². The van der Waals surface area contributed by atoms with Gasteiger partial charge >= 0.3 is 0 Å². The number of hydrogen-bond donors (Lipinski definition) is 2. The Morgan fingerprint density at radius 1 is 1.04 bits per heavy atom. The first-order chi connectivity index (χ1) is 12.2. The Morgan fingerprint density at radius 3 is 2.28 bits per heavy atom. The number of nitrogens with one attached hydrogen (secondary N) is 1. The van der Waals surface area contributed by atoms with Crippen molar-refractivity contribution in [1.82, 2.24) is 10.2 Å². The lowest BCUT2D eigenvalue weighted by Gasteiger charge is -2.31. The molecule has 1 saturated carbocycles. The molecule has 5 heteroatoms. The molecule has 0 unspecified atom stereocenters. The Bertz CT molecular complexity index is 585. The van der Waals surface area contributed by atoms with E-state index in [9.17, 15) is 9.59 Å². The van der Waals surface area contributed by atoms with Gasteiger partial charge in [-0.1, -0.05) is 25.0 Å². The summed E-state index contributed by atoms with van der Waals surface area (Å²) in [6.07, 6.45) is 6.34. The van der Waals surface area contributed by atoms with Crippen LogP contribution in [0.4, 0.5) is 0 Å². The lowest BCUT2D eigenvalue weighted by atomic mass is 9.96. The molecule has 1 saturated heterocycles. The van der Waals surface area contributed by atoms with Gasteiger partial charge in [0.2, 0.25) is 5.91 Å². The molecule has 3 rings (SSSR count). The highest BCUT2D eigenvalue weighted by Gasteiger charge is 2.23. The largest absolute Gasteiger partial charge is 0.352 e. The summed E-state index contributed by atoms with van der Waals surface area (Å²) in [4.78, 5) is 26.6. The minimum Gasteiger partial charge on any atom is -0.352 e. The predicted molar refractivity (Wildman–Crippen MR) is 97.9 cm³/mol. The Morgan fingerprint density at radius 2 is 1.68 bits per heavy atom. The Balaban J connectivity index is 1.49. The van der Waals surface area contributed by atoms with E-state index in [0.29, 0.717) is 19.0 Å². The third-order valence-electron chi connectivity index (χ3n) is 5.63. The number of carbonyl (C=O) groups excluding carboxylic acids is 2. The molecule has 136 valence electrons. The van der Waals surface area contributed by atoms with Crippen molar-refractivity contribution in [3.63, 3.8) is 0 Å². The van der Waals surface area contributed by atoms with Crippen molar-refractivity contribution in [1.29, 1.82) is 0 Å². The normalized spacial score (nSPS) is 19.2. The van der Waals surface area contributed by atoms with Crippen LogP contribution in [0.1, 0.15) is 54.4 Å². The highest BCUT2D eigenvalue weighted by atomic mass is 16.2. The maximum Gasteiger partial charge on any atom is 0.253 e. The molecule has 3 N–H and O–H groups in total. The van der Waals surface area contributed by atoms with Crippen molar-refractivity contribution in [2.24, 2.45) is 17.6 Å². The number of carbonyl (C=O) groups is 2. The fraction of sp³-hybridized carbons (Fsp3) is 0.600. The highest BCUT2D eigenvalue weighted by Crippen LogP contribution is 2.24. The second-order valence-electron chi connectivity index (χ2n) is 7.37. The summed E-state index contributed by atoms with van der Waals surface area (Å²) in [5.74, 6) is 1.00. The van der Waals surface area contributed by atoms with Gasteiger partial charge in [-0.2, -0.15) is 0 Å². The molecule has 0 aromatic heterocycles. The third kappa shape index (κ3) is 4.60. The predicted octanol–water partition coefficient (Wildman–Crippen LogP) is 2.30. The zero-order valence-electron chi connectivity index (χ0n) is 14.9. The summed E-state index contributed by atoms with van der Waals surface area (Å²) >= 11 is 0. The fourth-order valence-electron chi connectivity index (χ4n) is 3.84. The molecule has 2 amide bonds. The number of nitrogens with zero attached hydrogens (tertiary/aromatic N) is 1. The monoisotopic (exact) mass is 343 g/mol. The molecular formula is C20H29N3O2. The van der Waals surface area contributed by atoms with Crippen LogP contribution in [0.3, 0.4) is 0 Å². The molecule has 25 heavy (non-hydrogen) atoms. The molecule has 0 radical (unpaired) electrons. The lowest BCUT2D eigenvalue weighted by Crippen LogP contribution is -2.40. The molecule has 1 heterocycles. The minimum atomic E-state index is 0.0945. The number of likely N-dealkylation sites (tertiary alicyclic amines) is 1. The molecule has 1 aromatic carbocycles. The molecule has 5 nitrogen and oxygen atoms in total. The van der Waals surface area contributed by atoms with Crippen LogP contribution in [0, 0.1) is 11.8 Å². The van der Waals surface area contributed by atoms with Gasteiger partial charge in [0.25, 0.3) is 5.91 Å². The van der Waals surface area contributed by atoms with E-state index < -0.39 is 0 Å². The molecule has 0 spiro atoms.